The molecule has 1 amide bonds. The summed E-state index contributed by atoms with van der Waals surface area (Å²) >= 11 is 0. The van der Waals surface area contributed by atoms with Crippen molar-refractivity contribution in [2.75, 3.05) is 13.2 Å². The quantitative estimate of drug-likeness (QED) is 0.756. The molecule has 0 aliphatic carbocycles. The van der Waals surface area contributed by atoms with Crippen molar-refractivity contribution < 1.29 is 32.5 Å². The Morgan fingerprint density at radius 1 is 1.30 bits per heavy atom. The van der Waals surface area contributed by atoms with Gasteiger partial charge >= 0.3 is 12.3 Å². The first-order chi connectivity index (χ1) is 12.5. The van der Waals surface area contributed by atoms with Gasteiger partial charge in [0.2, 0.25) is 0 Å². The summed E-state index contributed by atoms with van der Waals surface area (Å²) in [5.41, 5.74) is -2.00. The number of benzene rings is 1. The maximum Gasteiger partial charge on any atom is 0.417 e. The number of alkyl halides is 3. The second-order valence-corrected chi connectivity index (χ2v) is 6.62. The number of hydrogen-bond donors (Lipinski definition) is 2. The van der Waals surface area contributed by atoms with Crippen LogP contribution in [0, 0.1) is 11.8 Å². The summed E-state index contributed by atoms with van der Waals surface area (Å²) < 4.78 is 50.2. The lowest BCUT2D eigenvalue weighted by Crippen LogP contribution is -2.38. The summed E-state index contributed by atoms with van der Waals surface area (Å²) in [5.74, 6) is 5.01. The number of hydrogen-bond acceptors (Lipinski definition) is 4. The van der Waals surface area contributed by atoms with E-state index in [0.717, 1.165) is 6.07 Å². The standard InChI is InChI=1S/C19H24F3NO4/c1-5-13(23-17(25)27-18(2,3)4)9-10-14-15(19(20,21)22)7-6-8-16(14)26-12-11-24/h6-8,13,24H,5,11-12H2,1-4H3,(H,23,25)/t13-/m1/s1. The van der Waals surface area contributed by atoms with Gasteiger partial charge in [-0.3, -0.25) is 0 Å². The molecule has 150 valence electrons. The maximum atomic E-state index is 13.3. The number of aliphatic hydroxyl groups is 1. The molecule has 0 saturated carbocycles. The Morgan fingerprint density at radius 2 is 1.96 bits per heavy atom. The second-order valence-electron chi connectivity index (χ2n) is 6.62. The Hall–Kier alpha value is -2.40. The zero-order valence-corrected chi connectivity index (χ0v) is 15.7. The Labute approximate surface area is 156 Å². The normalized spacial score (nSPS) is 12.6. The van der Waals surface area contributed by atoms with Crippen LogP contribution in [0.3, 0.4) is 0 Å². The average molecular weight is 387 g/mol. The van der Waals surface area contributed by atoms with Crippen molar-refractivity contribution in [3.05, 3.63) is 29.3 Å². The summed E-state index contributed by atoms with van der Waals surface area (Å²) in [4.78, 5) is 11.8. The van der Waals surface area contributed by atoms with Gasteiger partial charge in [0.15, 0.2) is 0 Å². The number of nitrogens with one attached hydrogen (secondary N) is 1. The van der Waals surface area contributed by atoms with Gasteiger partial charge in [-0.1, -0.05) is 24.8 Å². The monoisotopic (exact) mass is 387 g/mol. The SMILES string of the molecule is CC[C@H](C#Cc1c(OCCO)cccc1C(F)(F)F)NC(=O)OC(C)(C)C. The van der Waals surface area contributed by atoms with Gasteiger partial charge < -0.3 is 19.9 Å². The first-order valence-corrected chi connectivity index (χ1v) is 8.43. The minimum Gasteiger partial charge on any atom is -0.490 e. The maximum absolute atomic E-state index is 13.3. The molecule has 0 fully saturated rings. The van der Waals surface area contributed by atoms with E-state index < -0.39 is 29.5 Å². The highest BCUT2D eigenvalue weighted by Gasteiger charge is 2.34. The summed E-state index contributed by atoms with van der Waals surface area (Å²) in [6.07, 6.45) is -4.96. The number of alkyl carbamates (subject to hydrolysis) is 1. The van der Waals surface area contributed by atoms with E-state index in [1.165, 1.54) is 12.1 Å². The van der Waals surface area contributed by atoms with Crippen LogP contribution >= 0.6 is 0 Å². The third kappa shape index (κ3) is 7.79. The fraction of sp³-hybridized carbons (Fsp3) is 0.526. The molecule has 0 aliphatic heterocycles. The number of aliphatic hydroxyl groups excluding tert-OH is 1. The van der Waals surface area contributed by atoms with Gasteiger partial charge in [-0.2, -0.15) is 13.2 Å². The van der Waals surface area contributed by atoms with Crippen LogP contribution in [0.5, 0.6) is 5.75 Å². The number of halogens is 3. The van der Waals surface area contributed by atoms with Crippen LogP contribution in [0.4, 0.5) is 18.0 Å². The molecule has 0 aromatic heterocycles. The highest BCUT2D eigenvalue weighted by atomic mass is 19.4. The zero-order valence-electron chi connectivity index (χ0n) is 15.7. The lowest BCUT2D eigenvalue weighted by molar-refractivity contribution is -0.137. The van der Waals surface area contributed by atoms with Gasteiger partial charge in [0, 0.05) is 0 Å². The van der Waals surface area contributed by atoms with E-state index in [0.29, 0.717) is 6.42 Å². The molecule has 1 aromatic carbocycles. The van der Waals surface area contributed by atoms with Gasteiger partial charge in [0.1, 0.15) is 18.0 Å². The number of ether oxygens (including phenoxy) is 2. The molecule has 5 nitrogen and oxygen atoms in total. The van der Waals surface area contributed by atoms with Crippen molar-refractivity contribution in [1.29, 1.82) is 0 Å². The molecule has 1 atom stereocenters. The van der Waals surface area contributed by atoms with Crippen molar-refractivity contribution in [2.24, 2.45) is 0 Å². The van der Waals surface area contributed by atoms with Crippen LogP contribution in [0.1, 0.15) is 45.2 Å². The van der Waals surface area contributed by atoms with E-state index in [1.54, 1.807) is 27.7 Å². The summed E-state index contributed by atoms with van der Waals surface area (Å²) in [6.45, 7) is 6.32. The van der Waals surface area contributed by atoms with Gasteiger partial charge in [-0.15, -0.1) is 0 Å². The summed E-state index contributed by atoms with van der Waals surface area (Å²) in [5, 5.41) is 11.4. The molecule has 1 rings (SSSR count). The van der Waals surface area contributed by atoms with Crippen molar-refractivity contribution in [3.63, 3.8) is 0 Å². The largest absolute Gasteiger partial charge is 0.490 e. The Bertz CT molecular complexity index is 700. The van der Waals surface area contributed by atoms with Crippen molar-refractivity contribution >= 4 is 6.09 Å². The molecule has 27 heavy (non-hydrogen) atoms. The van der Waals surface area contributed by atoms with Crippen molar-refractivity contribution in [3.8, 4) is 17.6 Å². The number of carbonyl (C=O) groups excluding carboxylic acids is 1. The predicted molar refractivity (Wildman–Crippen MR) is 94.4 cm³/mol. The van der Waals surface area contributed by atoms with E-state index in [-0.39, 0.29) is 24.5 Å². The average Bonchev–Trinajstić information content (AvgIpc) is 2.54. The Morgan fingerprint density at radius 3 is 2.48 bits per heavy atom. The zero-order chi connectivity index (χ0) is 20.7. The molecule has 2 N–H and O–H groups in total. The second kappa shape index (κ2) is 9.51. The summed E-state index contributed by atoms with van der Waals surface area (Å²) in [7, 11) is 0. The lowest BCUT2D eigenvalue weighted by Gasteiger charge is -2.21. The third-order valence-electron chi connectivity index (χ3n) is 3.15. The molecule has 0 aliphatic rings. The Kier molecular flexibility index (Phi) is 7.98. The number of amides is 1. The van der Waals surface area contributed by atoms with Crippen molar-refractivity contribution in [2.45, 2.75) is 51.9 Å². The van der Waals surface area contributed by atoms with Crippen LogP contribution in [-0.2, 0) is 10.9 Å². The molecule has 1 aromatic rings. The molecule has 0 unspecified atom stereocenters. The van der Waals surface area contributed by atoms with Gasteiger partial charge in [-0.05, 0) is 39.3 Å². The third-order valence-corrected chi connectivity index (χ3v) is 3.15. The van der Waals surface area contributed by atoms with E-state index in [1.807, 2.05) is 0 Å². The molecule has 0 saturated heterocycles. The first kappa shape index (κ1) is 22.6. The summed E-state index contributed by atoms with van der Waals surface area (Å²) in [6, 6.07) is 2.75. The van der Waals surface area contributed by atoms with Gasteiger partial charge in [0.05, 0.1) is 23.8 Å². The van der Waals surface area contributed by atoms with Gasteiger partial charge in [-0.25, -0.2) is 4.79 Å². The van der Waals surface area contributed by atoms with Crippen molar-refractivity contribution in [1.82, 2.24) is 5.32 Å². The molecule has 0 spiro atoms. The molecule has 0 radical (unpaired) electrons. The van der Waals surface area contributed by atoms with E-state index >= 15 is 0 Å². The first-order valence-electron chi connectivity index (χ1n) is 8.43. The minimum atomic E-state index is -4.62. The van der Waals surface area contributed by atoms with Gasteiger partial charge in [0.25, 0.3) is 0 Å². The van der Waals surface area contributed by atoms with E-state index in [2.05, 4.69) is 17.2 Å². The molecular weight excluding hydrogens is 363 g/mol. The predicted octanol–water partition coefficient (Wildman–Crippen LogP) is 3.73. The Balaban J connectivity index is 3.16. The molecule has 8 heteroatoms. The van der Waals surface area contributed by atoms with Crippen LogP contribution in [0.25, 0.3) is 0 Å². The number of carbonyl (C=O) groups is 1. The van der Waals surface area contributed by atoms with Crippen LogP contribution in [0.2, 0.25) is 0 Å². The fourth-order valence-electron chi connectivity index (χ4n) is 2.02. The van der Waals surface area contributed by atoms with E-state index in [9.17, 15) is 18.0 Å². The molecular formula is C19H24F3NO4. The fourth-order valence-corrected chi connectivity index (χ4v) is 2.02. The smallest absolute Gasteiger partial charge is 0.417 e. The van der Waals surface area contributed by atoms with Crippen LogP contribution in [0.15, 0.2) is 18.2 Å². The van der Waals surface area contributed by atoms with E-state index in [4.69, 9.17) is 14.6 Å². The molecule has 0 heterocycles. The van der Waals surface area contributed by atoms with Crippen LogP contribution < -0.4 is 10.1 Å². The minimum absolute atomic E-state index is 0.0847. The van der Waals surface area contributed by atoms with Crippen LogP contribution in [-0.4, -0.2) is 36.1 Å². The number of rotatable bonds is 5. The lowest BCUT2D eigenvalue weighted by atomic mass is 10.1. The highest BCUT2D eigenvalue weighted by Crippen LogP contribution is 2.35. The molecule has 0 bridgehead atoms. The highest BCUT2D eigenvalue weighted by molar-refractivity contribution is 5.68. The topological polar surface area (TPSA) is 67.8 Å².